The third-order valence-corrected chi connectivity index (χ3v) is 5.32. The molecule has 0 radical (unpaired) electrons. The van der Waals surface area contributed by atoms with Gasteiger partial charge in [0.05, 0.1) is 28.5 Å². The first kappa shape index (κ1) is 22.4. The van der Waals surface area contributed by atoms with Crippen LogP contribution in [0.5, 0.6) is 0 Å². The number of H-pyrrole nitrogens is 1. The van der Waals surface area contributed by atoms with Crippen molar-refractivity contribution in [1.82, 2.24) is 19.3 Å². The SMILES string of the molecule is COC.Fc1cnc(-c2c(C(F)(F)F)cc(F)c3[nH]c(SN4CCCC4)cc23)nc1. The second-order valence-corrected chi connectivity index (χ2v) is 7.70. The van der Waals surface area contributed by atoms with E-state index >= 15 is 0 Å². The monoisotopic (exact) mass is 446 g/mol. The van der Waals surface area contributed by atoms with Crippen LogP contribution >= 0.6 is 11.9 Å². The molecule has 0 bridgehead atoms. The summed E-state index contributed by atoms with van der Waals surface area (Å²) >= 11 is 1.33. The number of benzene rings is 1. The van der Waals surface area contributed by atoms with E-state index < -0.39 is 23.4 Å². The van der Waals surface area contributed by atoms with Gasteiger partial charge < -0.3 is 9.72 Å². The van der Waals surface area contributed by atoms with Crippen molar-refractivity contribution in [3.8, 4) is 11.4 Å². The van der Waals surface area contributed by atoms with Crippen molar-refractivity contribution in [3.63, 3.8) is 0 Å². The fourth-order valence-electron chi connectivity index (χ4n) is 3.11. The lowest BCUT2D eigenvalue weighted by atomic mass is 10.0. The quantitative estimate of drug-likeness (QED) is 0.438. The Labute approximate surface area is 173 Å². The number of nitrogens with one attached hydrogen (secondary N) is 1. The Hall–Kier alpha value is -2.24. The molecule has 3 heterocycles. The molecule has 0 unspecified atom stereocenters. The average Bonchev–Trinajstić information content (AvgIpc) is 3.33. The highest BCUT2D eigenvalue weighted by Crippen LogP contribution is 2.42. The molecule has 11 heteroatoms. The van der Waals surface area contributed by atoms with Gasteiger partial charge in [0, 0.05) is 38.3 Å². The third-order valence-electron chi connectivity index (χ3n) is 4.28. The molecule has 0 spiro atoms. The van der Waals surface area contributed by atoms with Crippen LogP contribution in [0.2, 0.25) is 0 Å². The Morgan fingerprint density at radius 1 is 1.07 bits per heavy atom. The summed E-state index contributed by atoms with van der Waals surface area (Å²) in [5.41, 5.74) is -1.63. The Balaban J connectivity index is 0.000000806. The molecular formula is C19H19F5N4OS. The van der Waals surface area contributed by atoms with Crippen LogP contribution in [0, 0.1) is 11.6 Å². The van der Waals surface area contributed by atoms with Crippen molar-refractivity contribution in [2.75, 3.05) is 27.3 Å². The van der Waals surface area contributed by atoms with Gasteiger partial charge >= 0.3 is 6.18 Å². The molecule has 1 saturated heterocycles. The van der Waals surface area contributed by atoms with Crippen LogP contribution < -0.4 is 0 Å². The van der Waals surface area contributed by atoms with Crippen LogP contribution in [-0.2, 0) is 10.9 Å². The molecule has 0 amide bonds. The van der Waals surface area contributed by atoms with E-state index in [1.807, 2.05) is 0 Å². The van der Waals surface area contributed by atoms with E-state index in [1.165, 1.54) is 18.0 Å². The highest BCUT2D eigenvalue weighted by molar-refractivity contribution is 7.97. The zero-order valence-electron chi connectivity index (χ0n) is 16.2. The van der Waals surface area contributed by atoms with Crippen molar-refractivity contribution in [2.24, 2.45) is 0 Å². The van der Waals surface area contributed by atoms with Gasteiger partial charge in [-0.25, -0.2) is 23.1 Å². The summed E-state index contributed by atoms with van der Waals surface area (Å²) in [6.45, 7) is 1.70. The number of methoxy groups -OCH3 is 1. The van der Waals surface area contributed by atoms with Crippen LogP contribution in [0.1, 0.15) is 18.4 Å². The smallest absolute Gasteiger partial charge is 0.388 e. The maximum Gasteiger partial charge on any atom is 0.417 e. The highest BCUT2D eigenvalue weighted by Gasteiger charge is 2.37. The van der Waals surface area contributed by atoms with Gasteiger partial charge in [0.25, 0.3) is 0 Å². The van der Waals surface area contributed by atoms with Crippen LogP contribution in [-0.4, -0.2) is 46.6 Å². The summed E-state index contributed by atoms with van der Waals surface area (Å²) in [6, 6.07) is 1.88. The zero-order valence-corrected chi connectivity index (χ0v) is 17.0. The van der Waals surface area contributed by atoms with Crippen molar-refractivity contribution >= 4 is 22.9 Å². The van der Waals surface area contributed by atoms with Gasteiger partial charge in [-0.3, -0.25) is 0 Å². The molecule has 1 aliphatic rings. The van der Waals surface area contributed by atoms with Crippen LogP contribution in [0.4, 0.5) is 22.0 Å². The van der Waals surface area contributed by atoms with E-state index in [4.69, 9.17) is 0 Å². The predicted octanol–water partition coefficient (Wildman–Crippen LogP) is 5.29. The highest BCUT2D eigenvalue weighted by atomic mass is 32.2. The fraction of sp³-hybridized carbons (Fsp3) is 0.368. The van der Waals surface area contributed by atoms with Gasteiger partial charge in [-0.05, 0) is 36.9 Å². The summed E-state index contributed by atoms with van der Waals surface area (Å²) in [7, 11) is 3.25. The number of aromatic nitrogens is 3. The molecule has 162 valence electrons. The van der Waals surface area contributed by atoms with E-state index in [0.717, 1.165) is 38.3 Å². The number of nitrogens with zero attached hydrogens (tertiary/aromatic N) is 3. The van der Waals surface area contributed by atoms with E-state index in [0.29, 0.717) is 11.1 Å². The molecule has 5 nitrogen and oxygen atoms in total. The molecule has 3 aromatic rings. The van der Waals surface area contributed by atoms with Gasteiger partial charge in [0.2, 0.25) is 0 Å². The summed E-state index contributed by atoms with van der Waals surface area (Å²) in [5, 5.41) is 0.532. The van der Waals surface area contributed by atoms with E-state index in [1.54, 1.807) is 14.2 Å². The molecule has 0 aliphatic carbocycles. The second-order valence-electron chi connectivity index (χ2n) is 6.56. The molecule has 1 aromatic carbocycles. The molecule has 0 atom stereocenters. The number of hydrogen-bond donors (Lipinski definition) is 1. The minimum Gasteiger partial charge on any atom is -0.388 e. The topological polar surface area (TPSA) is 54.0 Å². The maximum absolute atomic E-state index is 14.4. The lowest BCUT2D eigenvalue weighted by Crippen LogP contribution is -2.09. The lowest BCUT2D eigenvalue weighted by molar-refractivity contribution is -0.137. The Kier molecular flexibility index (Phi) is 6.94. The van der Waals surface area contributed by atoms with Gasteiger partial charge in [-0.1, -0.05) is 0 Å². The van der Waals surface area contributed by atoms with Gasteiger partial charge in [0.15, 0.2) is 11.6 Å². The molecule has 30 heavy (non-hydrogen) atoms. The Morgan fingerprint density at radius 2 is 1.67 bits per heavy atom. The maximum atomic E-state index is 14.4. The summed E-state index contributed by atoms with van der Waals surface area (Å²) in [6.07, 6.45) is -1.18. The van der Waals surface area contributed by atoms with Gasteiger partial charge in [0.1, 0.15) is 5.82 Å². The molecule has 0 saturated carbocycles. The normalized spacial score (nSPS) is 14.8. The van der Waals surface area contributed by atoms with E-state index in [-0.39, 0.29) is 22.3 Å². The van der Waals surface area contributed by atoms with Crippen LogP contribution in [0.25, 0.3) is 22.3 Å². The zero-order chi connectivity index (χ0) is 21.9. The number of fused-ring (bicyclic) bond motifs is 1. The van der Waals surface area contributed by atoms with Crippen LogP contribution in [0.3, 0.4) is 0 Å². The number of aromatic amines is 1. The van der Waals surface area contributed by atoms with Gasteiger partial charge in [-0.2, -0.15) is 13.2 Å². The standard InChI is InChI=1S/C17H13F5N4S.C2H6O/c18-9-7-23-16(24-8-9)14-10-5-13(27-26-3-1-2-4-26)25-15(10)12(19)6-11(14)17(20,21)22;1-3-2/h5-8,25H,1-4H2;1-2H3. The van der Waals surface area contributed by atoms with Crippen LogP contribution in [0.15, 0.2) is 29.6 Å². The lowest BCUT2D eigenvalue weighted by Gasteiger charge is -2.13. The number of rotatable bonds is 3. The minimum absolute atomic E-state index is 0.00984. The molecule has 1 N–H and O–H groups in total. The third kappa shape index (κ3) is 4.90. The number of ether oxygens (including phenoxy) is 1. The van der Waals surface area contributed by atoms with Crippen molar-refractivity contribution in [2.45, 2.75) is 24.0 Å². The minimum atomic E-state index is -4.82. The summed E-state index contributed by atoms with van der Waals surface area (Å²) in [4.78, 5) is 10.2. The summed E-state index contributed by atoms with van der Waals surface area (Å²) < 4.78 is 74.4. The first-order valence-corrected chi connectivity index (χ1v) is 9.75. The summed E-state index contributed by atoms with van der Waals surface area (Å²) in [5.74, 6) is -2.10. The van der Waals surface area contributed by atoms with Crippen molar-refractivity contribution in [3.05, 3.63) is 41.7 Å². The predicted molar refractivity (Wildman–Crippen MR) is 104 cm³/mol. The number of alkyl halides is 3. The molecule has 2 aromatic heterocycles. The molecule has 1 fully saturated rings. The molecular weight excluding hydrogens is 427 g/mol. The second kappa shape index (κ2) is 9.27. The Morgan fingerprint density at radius 3 is 2.23 bits per heavy atom. The van der Waals surface area contributed by atoms with Crippen molar-refractivity contribution in [1.29, 1.82) is 0 Å². The Bertz CT molecular complexity index is 1000. The number of hydrogen-bond acceptors (Lipinski definition) is 5. The fourth-order valence-corrected chi connectivity index (χ4v) is 4.14. The largest absolute Gasteiger partial charge is 0.417 e. The molecule has 1 aliphatic heterocycles. The van der Waals surface area contributed by atoms with Crippen molar-refractivity contribution < 1.29 is 26.7 Å². The average molecular weight is 446 g/mol. The first-order valence-electron chi connectivity index (χ1n) is 8.98. The van der Waals surface area contributed by atoms with E-state index in [2.05, 4.69) is 24.0 Å². The number of halogens is 5. The first-order chi connectivity index (χ1) is 14.2. The van der Waals surface area contributed by atoms with Gasteiger partial charge in [-0.15, -0.1) is 0 Å². The van der Waals surface area contributed by atoms with E-state index in [9.17, 15) is 22.0 Å². The molecule has 4 rings (SSSR count).